The van der Waals surface area contributed by atoms with E-state index < -0.39 is 0 Å². The van der Waals surface area contributed by atoms with Gasteiger partial charge in [-0.2, -0.15) is 0 Å². The molecule has 1 heterocycles. The Labute approximate surface area is 118 Å². The number of likely N-dealkylation sites (N-methyl/N-ethyl adjacent to an activating group) is 1. The predicted molar refractivity (Wildman–Crippen MR) is 82.6 cm³/mol. The van der Waals surface area contributed by atoms with Crippen LogP contribution >= 0.6 is 11.3 Å². The van der Waals surface area contributed by atoms with Crippen molar-refractivity contribution in [2.45, 2.75) is 20.8 Å². The van der Waals surface area contributed by atoms with Gasteiger partial charge in [-0.3, -0.25) is 4.79 Å². The summed E-state index contributed by atoms with van der Waals surface area (Å²) in [7, 11) is 1.96. The molecule has 2 rings (SSSR count). The number of hydrogen-bond acceptors (Lipinski definition) is 3. The van der Waals surface area contributed by atoms with Crippen molar-refractivity contribution < 1.29 is 4.79 Å². The standard InChI is InChI=1S/C16H19NOS/c1-11-5-7-14(8-6-11)17(4)10-16(18)15-9-12(2)19-13(15)3/h5-9H,10H2,1-4H3. The first-order valence-corrected chi connectivity index (χ1v) is 7.17. The molecule has 0 spiro atoms. The monoisotopic (exact) mass is 273 g/mol. The maximum absolute atomic E-state index is 12.3. The Balaban J connectivity index is 2.10. The van der Waals surface area contributed by atoms with Gasteiger partial charge in [0.1, 0.15) is 0 Å². The Bertz CT molecular complexity index is 583. The SMILES string of the molecule is Cc1ccc(N(C)CC(=O)c2cc(C)sc2C)cc1. The Hall–Kier alpha value is -1.61. The molecule has 0 atom stereocenters. The van der Waals surface area contributed by atoms with Gasteiger partial charge >= 0.3 is 0 Å². The fourth-order valence-electron chi connectivity index (χ4n) is 2.10. The lowest BCUT2D eigenvalue weighted by Gasteiger charge is -2.18. The molecule has 19 heavy (non-hydrogen) atoms. The fraction of sp³-hybridized carbons (Fsp3) is 0.312. The first-order valence-electron chi connectivity index (χ1n) is 6.35. The molecule has 2 nitrogen and oxygen atoms in total. The molecule has 2 aromatic rings. The van der Waals surface area contributed by atoms with Gasteiger partial charge in [0.05, 0.1) is 6.54 Å². The molecule has 3 heteroatoms. The highest BCUT2D eigenvalue weighted by Gasteiger charge is 2.14. The molecule has 0 saturated carbocycles. The van der Waals surface area contributed by atoms with Crippen LogP contribution in [0.2, 0.25) is 0 Å². The zero-order valence-corrected chi connectivity index (χ0v) is 12.7. The summed E-state index contributed by atoms with van der Waals surface area (Å²) in [6, 6.07) is 10.2. The molecular weight excluding hydrogens is 254 g/mol. The van der Waals surface area contributed by atoms with Crippen LogP contribution in [0.15, 0.2) is 30.3 Å². The van der Waals surface area contributed by atoms with E-state index in [-0.39, 0.29) is 5.78 Å². The van der Waals surface area contributed by atoms with Crippen LogP contribution in [0.3, 0.4) is 0 Å². The second-order valence-electron chi connectivity index (χ2n) is 4.94. The van der Waals surface area contributed by atoms with Gasteiger partial charge in [0, 0.05) is 28.1 Å². The zero-order chi connectivity index (χ0) is 14.0. The number of aryl methyl sites for hydroxylation is 3. The highest BCUT2D eigenvalue weighted by atomic mass is 32.1. The minimum absolute atomic E-state index is 0.185. The Kier molecular flexibility index (Phi) is 4.05. The van der Waals surface area contributed by atoms with Gasteiger partial charge in [-0.25, -0.2) is 0 Å². The third-order valence-electron chi connectivity index (χ3n) is 3.20. The van der Waals surface area contributed by atoms with Gasteiger partial charge in [-0.15, -0.1) is 11.3 Å². The first-order chi connectivity index (χ1) is 8.97. The van der Waals surface area contributed by atoms with Crippen molar-refractivity contribution in [2.75, 3.05) is 18.5 Å². The average molecular weight is 273 g/mol. The van der Waals surface area contributed by atoms with Gasteiger partial charge in [0.15, 0.2) is 5.78 Å². The van der Waals surface area contributed by atoms with Crippen LogP contribution in [0, 0.1) is 20.8 Å². The van der Waals surface area contributed by atoms with E-state index in [1.165, 1.54) is 10.4 Å². The molecule has 0 aliphatic carbocycles. The van der Waals surface area contributed by atoms with E-state index in [1.54, 1.807) is 11.3 Å². The van der Waals surface area contributed by atoms with Crippen LogP contribution in [0.4, 0.5) is 5.69 Å². The number of thiophene rings is 1. The van der Waals surface area contributed by atoms with Gasteiger partial charge in [-0.1, -0.05) is 17.7 Å². The summed E-state index contributed by atoms with van der Waals surface area (Å²) in [5, 5.41) is 0. The van der Waals surface area contributed by atoms with Gasteiger partial charge in [-0.05, 0) is 39.0 Å². The summed E-state index contributed by atoms with van der Waals surface area (Å²) in [4.78, 5) is 16.6. The van der Waals surface area contributed by atoms with E-state index in [1.807, 2.05) is 44.0 Å². The molecule has 0 radical (unpaired) electrons. The van der Waals surface area contributed by atoms with Crippen LogP contribution in [-0.4, -0.2) is 19.4 Å². The highest BCUT2D eigenvalue weighted by Crippen LogP contribution is 2.22. The van der Waals surface area contributed by atoms with E-state index in [4.69, 9.17) is 0 Å². The molecule has 0 amide bonds. The first kappa shape index (κ1) is 13.8. The molecular formula is C16H19NOS. The lowest BCUT2D eigenvalue weighted by molar-refractivity contribution is 0.1000. The summed E-state index contributed by atoms with van der Waals surface area (Å²) in [5.41, 5.74) is 3.16. The molecule has 0 aliphatic rings. The normalized spacial score (nSPS) is 10.5. The van der Waals surface area contributed by atoms with Crippen LogP contribution < -0.4 is 4.90 Å². The van der Waals surface area contributed by atoms with Crippen LogP contribution in [0.25, 0.3) is 0 Å². The van der Waals surface area contributed by atoms with Crippen molar-refractivity contribution in [3.63, 3.8) is 0 Å². The zero-order valence-electron chi connectivity index (χ0n) is 11.9. The second kappa shape index (κ2) is 5.57. The number of hydrogen-bond donors (Lipinski definition) is 0. The van der Waals surface area contributed by atoms with Crippen LogP contribution in [0.5, 0.6) is 0 Å². The number of carbonyl (C=O) groups is 1. The Morgan fingerprint density at radius 2 is 1.79 bits per heavy atom. The van der Waals surface area contributed by atoms with Gasteiger partial charge in [0.25, 0.3) is 0 Å². The third kappa shape index (κ3) is 3.24. The quantitative estimate of drug-likeness (QED) is 0.785. The summed E-state index contributed by atoms with van der Waals surface area (Å²) >= 11 is 1.68. The third-order valence-corrected chi connectivity index (χ3v) is 4.16. The second-order valence-corrected chi connectivity index (χ2v) is 6.40. The minimum atomic E-state index is 0.185. The van der Waals surface area contributed by atoms with E-state index in [0.717, 1.165) is 16.1 Å². The summed E-state index contributed by atoms with van der Waals surface area (Å²) in [6.45, 7) is 6.53. The molecule has 0 saturated heterocycles. The number of ketones is 1. The van der Waals surface area contributed by atoms with Crippen molar-refractivity contribution in [1.82, 2.24) is 0 Å². The number of benzene rings is 1. The van der Waals surface area contributed by atoms with Crippen molar-refractivity contribution in [3.05, 3.63) is 51.2 Å². The molecule has 1 aromatic carbocycles. The van der Waals surface area contributed by atoms with Crippen molar-refractivity contribution >= 4 is 22.8 Å². The largest absolute Gasteiger partial charge is 0.367 e. The van der Waals surface area contributed by atoms with Crippen LogP contribution in [-0.2, 0) is 0 Å². The molecule has 0 bridgehead atoms. The summed E-state index contributed by atoms with van der Waals surface area (Å²) in [5.74, 6) is 0.185. The lowest BCUT2D eigenvalue weighted by Crippen LogP contribution is -2.25. The number of Topliss-reactive ketones (excluding diaryl/α,β-unsaturated/α-hetero) is 1. The number of anilines is 1. The van der Waals surface area contributed by atoms with Crippen LogP contribution in [0.1, 0.15) is 25.7 Å². The van der Waals surface area contributed by atoms with Crippen molar-refractivity contribution in [1.29, 1.82) is 0 Å². The fourth-order valence-corrected chi connectivity index (χ4v) is 3.04. The van der Waals surface area contributed by atoms with Gasteiger partial charge in [0.2, 0.25) is 0 Å². The van der Waals surface area contributed by atoms with E-state index in [0.29, 0.717) is 6.54 Å². The molecule has 0 N–H and O–H groups in total. The molecule has 0 unspecified atom stereocenters. The van der Waals surface area contributed by atoms with E-state index in [2.05, 4.69) is 19.1 Å². The predicted octanol–water partition coefficient (Wildman–Crippen LogP) is 3.99. The molecule has 100 valence electrons. The van der Waals surface area contributed by atoms with Crippen molar-refractivity contribution in [3.8, 4) is 0 Å². The molecule has 0 fully saturated rings. The number of rotatable bonds is 4. The maximum Gasteiger partial charge on any atom is 0.183 e. The van der Waals surface area contributed by atoms with E-state index in [9.17, 15) is 4.79 Å². The number of carbonyl (C=O) groups excluding carboxylic acids is 1. The highest BCUT2D eigenvalue weighted by molar-refractivity contribution is 7.12. The molecule has 1 aromatic heterocycles. The minimum Gasteiger partial charge on any atom is -0.367 e. The lowest BCUT2D eigenvalue weighted by atomic mass is 10.1. The molecule has 0 aliphatic heterocycles. The smallest absolute Gasteiger partial charge is 0.183 e. The average Bonchev–Trinajstić information content (AvgIpc) is 2.69. The Morgan fingerprint density at radius 1 is 1.16 bits per heavy atom. The van der Waals surface area contributed by atoms with E-state index >= 15 is 0 Å². The van der Waals surface area contributed by atoms with Crippen molar-refractivity contribution in [2.24, 2.45) is 0 Å². The number of nitrogens with zero attached hydrogens (tertiary/aromatic N) is 1. The Morgan fingerprint density at radius 3 is 2.32 bits per heavy atom. The van der Waals surface area contributed by atoms with Gasteiger partial charge < -0.3 is 4.90 Å². The maximum atomic E-state index is 12.3. The summed E-state index contributed by atoms with van der Waals surface area (Å²) in [6.07, 6.45) is 0. The summed E-state index contributed by atoms with van der Waals surface area (Å²) < 4.78 is 0. The topological polar surface area (TPSA) is 20.3 Å².